The van der Waals surface area contributed by atoms with Crippen LogP contribution in [0.1, 0.15) is 46.7 Å². The van der Waals surface area contributed by atoms with E-state index in [0.29, 0.717) is 22.6 Å². The van der Waals surface area contributed by atoms with Crippen molar-refractivity contribution in [3.05, 3.63) is 56.8 Å². The van der Waals surface area contributed by atoms with Crippen molar-refractivity contribution in [1.29, 1.82) is 0 Å². The van der Waals surface area contributed by atoms with Crippen LogP contribution in [0, 0.1) is 20.8 Å². The lowest BCUT2D eigenvalue weighted by Crippen LogP contribution is -2.29. The molecule has 2 rings (SSSR count). The summed E-state index contributed by atoms with van der Waals surface area (Å²) in [5.74, 6) is 0.301. The Bertz CT molecular complexity index is 810. The van der Waals surface area contributed by atoms with Crippen LogP contribution >= 0.6 is 0 Å². The number of ether oxygens (including phenoxy) is 1. The number of nitrogens with zero attached hydrogens (tertiary/aromatic N) is 1. The summed E-state index contributed by atoms with van der Waals surface area (Å²) in [5, 5.41) is 2.76. The SMILES string of the molecule is Cc1cc(C)c(CNC(=O)c2nccc(OC(C)C)c2C)c(=O)[nH]1. The third kappa shape index (κ3) is 4.01. The summed E-state index contributed by atoms with van der Waals surface area (Å²) in [5.41, 5.74) is 2.98. The maximum absolute atomic E-state index is 12.4. The molecule has 0 saturated carbocycles. The van der Waals surface area contributed by atoms with Crippen molar-refractivity contribution in [2.75, 3.05) is 0 Å². The highest BCUT2D eigenvalue weighted by atomic mass is 16.5. The van der Waals surface area contributed by atoms with Gasteiger partial charge in [0.15, 0.2) is 0 Å². The molecule has 1 amide bonds. The van der Waals surface area contributed by atoms with Crippen molar-refractivity contribution < 1.29 is 9.53 Å². The lowest BCUT2D eigenvalue weighted by molar-refractivity contribution is 0.0944. The van der Waals surface area contributed by atoms with Crippen LogP contribution in [0.5, 0.6) is 5.75 Å². The Kier molecular flexibility index (Phi) is 5.39. The Morgan fingerprint density at radius 1 is 1.33 bits per heavy atom. The average molecular weight is 329 g/mol. The van der Waals surface area contributed by atoms with Gasteiger partial charge in [0, 0.05) is 29.6 Å². The fraction of sp³-hybridized carbons (Fsp3) is 0.389. The van der Waals surface area contributed by atoms with E-state index >= 15 is 0 Å². The van der Waals surface area contributed by atoms with Gasteiger partial charge in [-0.05, 0) is 52.3 Å². The molecule has 6 heteroatoms. The first kappa shape index (κ1) is 17.7. The van der Waals surface area contributed by atoms with E-state index in [2.05, 4.69) is 15.3 Å². The highest BCUT2D eigenvalue weighted by Gasteiger charge is 2.16. The van der Waals surface area contributed by atoms with Gasteiger partial charge in [-0.1, -0.05) is 0 Å². The molecular formula is C18H23N3O3. The summed E-state index contributed by atoms with van der Waals surface area (Å²) < 4.78 is 5.67. The van der Waals surface area contributed by atoms with Gasteiger partial charge in [-0.25, -0.2) is 0 Å². The Labute approximate surface area is 141 Å². The van der Waals surface area contributed by atoms with Gasteiger partial charge in [-0.2, -0.15) is 0 Å². The molecule has 2 aromatic rings. The molecule has 2 N–H and O–H groups in total. The van der Waals surface area contributed by atoms with Gasteiger partial charge in [-0.15, -0.1) is 0 Å². The molecule has 0 aromatic carbocycles. The minimum Gasteiger partial charge on any atom is -0.491 e. The summed E-state index contributed by atoms with van der Waals surface area (Å²) in [6.45, 7) is 9.47. The summed E-state index contributed by atoms with van der Waals surface area (Å²) in [7, 11) is 0. The fourth-order valence-corrected chi connectivity index (χ4v) is 2.48. The second-order valence-corrected chi connectivity index (χ2v) is 6.08. The Hall–Kier alpha value is -2.63. The summed E-state index contributed by atoms with van der Waals surface area (Å²) >= 11 is 0. The Morgan fingerprint density at radius 3 is 2.67 bits per heavy atom. The first-order chi connectivity index (χ1) is 11.3. The van der Waals surface area contributed by atoms with E-state index in [4.69, 9.17) is 4.74 Å². The van der Waals surface area contributed by atoms with Gasteiger partial charge in [0.25, 0.3) is 11.5 Å². The van der Waals surface area contributed by atoms with Crippen LogP contribution in [0.4, 0.5) is 0 Å². The van der Waals surface area contributed by atoms with Crippen molar-refractivity contribution in [2.45, 2.75) is 47.3 Å². The molecule has 0 fully saturated rings. The number of nitrogens with one attached hydrogen (secondary N) is 2. The molecule has 2 aromatic heterocycles. The largest absolute Gasteiger partial charge is 0.491 e. The third-order valence-corrected chi connectivity index (χ3v) is 3.65. The second-order valence-electron chi connectivity index (χ2n) is 6.08. The van der Waals surface area contributed by atoms with Crippen molar-refractivity contribution in [1.82, 2.24) is 15.3 Å². The monoisotopic (exact) mass is 329 g/mol. The first-order valence-electron chi connectivity index (χ1n) is 7.89. The van der Waals surface area contributed by atoms with Gasteiger partial charge in [0.05, 0.1) is 6.10 Å². The number of aryl methyl sites for hydroxylation is 2. The zero-order chi connectivity index (χ0) is 17.9. The van der Waals surface area contributed by atoms with Crippen molar-refractivity contribution >= 4 is 5.91 Å². The van der Waals surface area contributed by atoms with Gasteiger partial charge in [0.1, 0.15) is 11.4 Å². The molecule has 0 aliphatic carbocycles. The standard InChI is InChI=1S/C18H23N3O3/c1-10(2)24-15-6-7-19-16(13(15)5)18(23)20-9-14-11(3)8-12(4)21-17(14)22/h6-8,10H,9H2,1-5H3,(H,20,23)(H,21,22). The molecule has 24 heavy (non-hydrogen) atoms. The van der Waals surface area contributed by atoms with Crippen LogP contribution in [0.25, 0.3) is 0 Å². The van der Waals surface area contributed by atoms with Crippen molar-refractivity contribution in [3.8, 4) is 5.75 Å². The zero-order valence-corrected chi connectivity index (χ0v) is 14.7. The molecule has 0 atom stereocenters. The molecule has 0 aliphatic heterocycles. The number of pyridine rings is 2. The number of carbonyl (C=O) groups excluding carboxylic acids is 1. The van der Waals surface area contributed by atoms with E-state index in [9.17, 15) is 9.59 Å². The number of amides is 1. The minimum atomic E-state index is -0.332. The maximum Gasteiger partial charge on any atom is 0.270 e. The molecule has 0 bridgehead atoms. The molecule has 0 radical (unpaired) electrons. The van der Waals surface area contributed by atoms with Gasteiger partial charge in [0.2, 0.25) is 0 Å². The molecule has 0 saturated heterocycles. The highest BCUT2D eigenvalue weighted by Crippen LogP contribution is 2.20. The van der Waals surface area contributed by atoms with Crippen molar-refractivity contribution in [3.63, 3.8) is 0 Å². The third-order valence-electron chi connectivity index (χ3n) is 3.65. The van der Waals surface area contributed by atoms with E-state index in [1.165, 1.54) is 0 Å². The predicted molar refractivity (Wildman–Crippen MR) is 92.4 cm³/mol. The van der Waals surface area contributed by atoms with Crippen LogP contribution in [0.3, 0.4) is 0 Å². The highest BCUT2D eigenvalue weighted by molar-refractivity contribution is 5.94. The number of carbonyl (C=O) groups is 1. The van der Waals surface area contributed by atoms with E-state index in [1.807, 2.05) is 33.8 Å². The predicted octanol–water partition coefficient (Wildman–Crippen LogP) is 2.41. The molecule has 2 heterocycles. The average Bonchev–Trinajstić information content (AvgIpc) is 2.47. The summed E-state index contributed by atoms with van der Waals surface area (Å²) in [6.07, 6.45) is 1.56. The number of rotatable bonds is 5. The van der Waals surface area contributed by atoms with Crippen LogP contribution in [0.15, 0.2) is 23.1 Å². The summed E-state index contributed by atoms with van der Waals surface area (Å²) in [4.78, 5) is 31.3. The smallest absolute Gasteiger partial charge is 0.270 e. The minimum absolute atomic E-state index is 0.00998. The Morgan fingerprint density at radius 2 is 2.04 bits per heavy atom. The van der Waals surface area contributed by atoms with E-state index in [0.717, 1.165) is 11.3 Å². The number of hydrogen-bond acceptors (Lipinski definition) is 4. The van der Waals surface area contributed by atoms with E-state index in [1.54, 1.807) is 19.2 Å². The van der Waals surface area contributed by atoms with E-state index < -0.39 is 0 Å². The topological polar surface area (TPSA) is 84.1 Å². The van der Waals surface area contributed by atoms with Crippen LogP contribution < -0.4 is 15.6 Å². The lowest BCUT2D eigenvalue weighted by atomic mass is 10.1. The number of aromatic amines is 1. The number of aromatic nitrogens is 2. The quantitative estimate of drug-likeness (QED) is 0.882. The van der Waals surface area contributed by atoms with Crippen LogP contribution in [-0.4, -0.2) is 22.0 Å². The fourth-order valence-electron chi connectivity index (χ4n) is 2.48. The Balaban J connectivity index is 2.18. The molecule has 0 spiro atoms. The molecular weight excluding hydrogens is 306 g/mol. The molecule has 0 unspecified atom stereocenters. The second kappa shape index (κ2) is 7.29. The lowest BCUT2D eigenvalue weighted by Gasteiger charge is -2.14. The number of H-pyrrole nitrogens is 1. The van der Waals surface area contributed by atoms with Gasteiger partial charge in [-0.3, -0.25) is 14.6 Å². The molecule has 6 nitrogen and oxygen atoms in total. The maximum atomic E-state index is 12.4. The van der Waals surface area contributed by atoms with Gasteiger partial charge >= 0.3 is 0 Å². The normalized spacial score (nSPS) is 10.8. The van der Waals surface area contributed by atoms with Gasteiger partial charge < -0.3 is 15.0 Å². The number of hydrogen-bond donors (Lipinski definition) is 2. The van der Waals surface area contributed by atoms with Crippen molar-refractivity contribution in [2.24, 2.45) is 0 Å². The zero-order valence-electron chi connectivity index (χ0n) is 14.7. The van der Waals surface area contributed by atoms with Crippen LogP contribution in [-0.2, 0) is 6.54 Å². The van der Waals surface area contributed by atoms with E-state index in [-0.39, 0.29) is 24.1 Å². The molecule has 0 aliphatic rings. The van der Waals surface area contributed by atoms with Crippen LogP contribution in [0.2, 0.25) is 0 Å². The first-order valence-corrected chi connectivity index (χ1v) is 7.89. The molecule has 128 valence electrons. The summed E-state index contributed by atoms with van der Waals surface area (Å²) in [6, 6.07) is 3.62.